The van der Waals surface area contributed by atoms with E-state index in [0.29, 0.717) is 87.8 Å². The molecule has 0 unspecified atom stereocenters. The number of anilines is 3. The maximum absolute atomic E-state index is 13.9. The van der Waals surface area contributed by atoms with Crippen molar-refractivity contribution >= 4 is 101 Å². The maximum Gasteiger partial charge on any atom is 0.263 e. The van der Waals surface area contributed by atoms with E-state index in [-0.39, 0.29) is 43.9 Å². The maximum atomic E-state index is 13.9. The molecular formula is C66H66Cl2CuF4N15O4S-. The molecule has 2 saturated carbocycles. The van der Waals surface area contributed by atoms with Gasteiger partial charge in [0.25, 0.3) is 17.5 Å². The van der Waals surface area contributed by atoms with Gasteiger partial charge in [-0.05, 0) is 136 Å². The van der Waals surface area contributed by atoms with Crippen LogP contribution in [-0.2, 0) is 43.1 Å². The van der Waals surface area contributed by atoms with Gasteiger partial charge in [-0.15, -0.1) is 22.9 Å². The molecule has 0 saturated heterocycles. The molecule has 6 aromatic heterocycles. The molecule has 0 spiro atoms. The molecule has 2 aliphatic rings. The zero-order chi connectivity index (χ0) is 66.5. The first kappa shape index (κ1) is 70.3. The van der Waals surface area contributed by atoms with Gasteiger partial charge in [-0.1, -0.05) is 111 Å². The van der Waals surface area contributed by atoms with Crippen LogP contribution in [0.15, 0.2) is 136 Å². The molecule has 2 aliphatic carbocycles. The first-order valence-corrected chi connectivity index (χ1v) is 30.8. The van der Waals surface area contributed by atoms with Crippen LogP contribution >= 0.6 is 34.5 Å². The number of pyridine rings is 2. The first-order valence-electron chi connectivity index (χ1n) is 29.2. The molecule has 2 fully saturated rings. The summed E-state index contributed by atoms with van der Waals surface area (Å²) in [6, 6.07) is 25.3. The number of benzene rings is 4. The fourth-order valence-electron chi connectivity index (χ4n) is 10.1. The normalized spacial score (nSPS) is 14.2. The van der Waals surface area contributed by atoms with Crippen molar-refractivity contribution in [1.82, 2.24) is 44.1 Å². The quantitative estimate of drug-likeness (QED) is 0.0203. The van der Waals surface area contributed by atoms with Crippen molar-refractivity contribution < 1.29 is 44.5 Å². The number of halogens is 6. The zero-order valence-corrected chi connectivity index (χ0v) is 55.1. The molecule has 3 N–H and O–H groups in total. The minimum absolute atomic E-state index is 0. The molecule has 12 rings (SSSR count). The Morgan fingerprint density at radius 3 is 1.76 bits per heavy atom. The number of rotatable bonds is 16. The number of alkyl halides is 4. The van der Waals surface area contributed by atoms with Crippen molar-refractivity contribution in [3.05, 3.63) is 190 Å². The molecule has 4 aromatic carbocycles. The zero-order valence-electron chi connectivity index (χ0n) is 51.9. The molecule has 0 bridgehead atoms. The average molecular weight is 1380 g/mol. The summed E-state index contributed by atoms with van der Waals surface area (Å²) >= 11 is 14.5. The summed E-state index contributed by atoms with van der Waals surface area (Å²) < 4.78 is 55.9. The number of fused-ring (bicyclic) bond motifs is 4. The van der Waals surface area contributed by atoms with Gasteiger partial charge in [-0.25, -0.2) is 42.2 Å². The van der Waals surface area contributed by atoms with Crippen molar-refractivity contribution in [3.8, 4) is 12.3 Å². The minimum atomic E-state index is -2.54. The summed E-state index contributed by atoms with van der Waals surface area (Å²) in [6.45, 7) is 14.3. The van der Waals surface area contributed by atoms with Gasteiger partial charge in [0.15, 0.2) is 0 Å². The second-order valence-corrected chi connectivity index (χ2v) is 26.8. The molecule has 0 amide bonds. The second kappa shape index (κ2) is 29.1. The fourth-order valence-corrected chi connectivity index (χ4v) is 11.2. The van der Waals surface area contributed by atoms with Gasteiger partial charge in [0.1, 0.15) is 41.4 Å². The van der Waals surface area contributed by atoms with Crippen LogP contribution in [0.2, 0.25) is 10.0 Å². The van der Waals surface area contributed by atoms with E-state index >= 15 is 0 Å². The Labute approximate surface area is 557 Å². The number of thiophene rings is 1. The van der Waals surface area contributed by atoms with Gasteiger partial charge in [0.2, 0.25) is 6.43 Å². The van der Waals surface area contributed by atoms with E-state index in [1.165, 1.54) is 39.3 Å². The van der Waals surface area contributed by atoms with Gasteiger partial charge >= 0.3 is 0 Å². The average Bonchev–Trinajstić information content (AvgIpc) is 1.67. The van der Waals surface area contributed by atoms with Crippen LogP contribution in [0.4, 0.5) is 34.9 Å². The van der Waals surface area contributed by atoms with Crippen molar-refractivity contribution in [2.45, 2.75) is 110 Å². The summed E-state index contributed by atoms with van der Waals surface area (Å²) in [5.74, 6) is 2.71. The summed E-state index contributed by atoms with van der Waals surface area (Å²) in [5, 5.41) is 38.8. The Hall–Kier alpha value is -8.62. The molecule has 489 valence electrons. The number of carbonyl (C=O) groups is 1. The van der Waals surface area contributed by atoms with Crippen LogP contribution in [0.5, 0.6) is 0 Å². The second-order valence-electron chi connectivity index (χ2n) is 25.0. The molecule has 1 radical (unpaired) electrons. The van der Waals surface area contributed by atoms with E-state index in [9.17, 15) is 37.1 Å². The van der Waals surface area contributed by atoms with Gasteiger partial charge < -0.3 is 35.0 Å². The van der Waals surface area contributed by atoms with Gasteiger partial charge in [0.05, 0.1) is 32.7 Å². The number of aryl methyl sites for hydroxylation is 2. The largest absolute Gasteiger partial charge is 0.544 e. The first-order chi connectivity index (χ1) is 43.7. The number of nitrogens with zero attached hydrogens (tertiary/aromatic N) is 12. The Kier molecular flexibility index (Phi) is 22.0. The molecule has 93 heavy (non-hydrogen) atoms. The van der Waals surface area contributed by atoms with Crippen LogP contribution in [0, 0.1) is 23.2 Å². The number of aromatic carboxylic acids is 1. The number of hydrogen-bond donors (Lipinski definition) is 3. The minimum Gasteiger partial charge on any atom is -0.544 e. The number of terminal acetylenes is 1. The van der Waals surface area contributed by atoms with Crippen LogP contribution in [0.1, 0.15) is 111 Å². The molecule has 2 atom stereocenters. The number of carboxylic acid groups (broad SMARTS) is 1. The van der Waals surface area contributed by atoms with E-state index in [4.69, 9.17) is 35.2 Å². The third-order valence-corrected chi connectivity index (χ3v) is 17.0. The number of nitrogens with one attached hydrogen (secondary N) is 3. The molecule has 0 aliphatic heterocycles. The number of aromatic nitrogens is 9. The summed E-state index contributed by atoms with van der Waals surface area (Å²) in [7, 11) is 3.44. The number of azide groups is 1. The Bertz CT molecular complexity index is 4570. The van der Waals surface area contributed by atoms with Crippen molar-refractivity contribution in [3.63, 3.8) is 0 Å². The van der Waals surface area contributed by atoms with E-state index in [1.54, 1.807) is 60.8 Å². The predicted molar refractivity (Wildman–Crippen MR) is 353 cm³/mol. The van der Waals surface area contributed by atoms with Crippen molar-refractivity contribution in [2.24, 2.45) is 30.0 Å². The Morgan fingerprint density at radius 2 is 1.30 bits per heavy atom. The third-order valence-electron chi connectivity index (χ3n) is 15.6. The van der Waals surface area contributed by atoms with Crippen molar-refractivity contribution in [1.29, 1.82) is 0 Å². The standard InChI is InChI=1S/C31H32ClF2N7O.C26H26ClN5O.C5H4O2S.C4H5F2N3.Cu/c1-30(2,3)16-35-27-23-13-18(14-24(32)26(23)36-17-37-27)12-22(25-15-41(39-38-25)31(9-10-31)29(33)34)19-6-5-7-21-20(19)8-11-40(4)28(21)42;1-6-22(18-8-7-9-19-17(18)10-11-32(5)25(19)33)31-16-12-20-23(21(27)13-16)29-15-30-24(20)28-14-26(2,3)4;6-5(7)4-2-1-3-8-4;5-3(6)4(1-2-4)8-9-7;/h5-8,11,13-15,17,22,29H,9-10,12,16H2,1-4H3,(H,35,36,37);1,7-13,15,22,31H,14H2,2-5H3,(H,28,29,30);1-3H,(H,6,7);3H,1-2H2;/p-1/t2*22-;;;/m01.../s1. The van der Waals surface area contributed by atoms with E-state index < -0.39 is 41.9 Å². The molecular weight excluding hydrogens is 1310 g/mol. The summed E-state index contributed by atoms with van der Waals surface area (Å²) in [6.07, 6.45) is 10.8. The molecule has 19 nitrogen and oxygen atoms in total. The topological polar surface area (TPSA) is 251 Å². The smallest absolute Gasteiger partial charge is 0.263 e. The number of hydrogen-bond acceptors (Lipinski definition) is 15. The predicted octanol–water partition coefficient (Wildman–Crippen LogP) is 13.9. The van der Waals surface area contributed by atoms with Gasteiger partial charge in [-0.3, -0.25) is 9.59 Å². The summed E-state index contributed by atoms with van der Waals surface area (Å²) in [5.41, 5.74) is 10.3. The van der Waals surface area contributed by atoms with Gasteiger partial charge in [0, 0.05) is 106 Å². The molecule has 10 aromatic rings. The van der Waals surface area contributed by atoms with E-state index in [0.717, 1.165) is 50.5 Å². The monoisotopic (exact) mass is 1370 g/mol. The third kappa shape index (κ3) is 16.4. The molecule has 6 heterocycles. The van der Waals surface area contributed by atoms with Crippen LogP contribution < -0.4 is 32.2 Å². The van der Waals surface area contributed by atoms with Crippen LogP contribution in [0.25, 0.3) is 53.8 Å². The van der Waals surface area contributed by atoms with Gasteiger partial charge in [-0.2, -0.15) is 0 Å². The summed E-state index contributed by atoms with van der Waals surface area (Å²) in [4.78, 5) is 55.8. The SMILES string of the molecule is C#C[C@@H](Nc1cc(Cl)c2ncnc(NCC(C)(C)C)c2c1)c1cccc2c(=O)n(C)ccc12.Cn1ccc2c([C@H](Cc3cc(Cl)c4ncnc(NCC(C)(C)C)c4c3)c3cn(C4(C(F)F)CC4)nn3)cccc2c1=O.O=C([O-])c1cccs1.[Cu].[N-]=[N+]=NC1(C(F)F)CC1. The Morgan fingerprint density at radius 1 is 0.753 bits per heavy atom. The van der Waals surface area contributed by atoms with Crippen LogP contribution in [-0.4, -0.2) is 81.5 Å². The Balaban J connectivity index is 0.000000191. The fraction of sp³-hybridized carbons (Fsp3) is 0.348. The number of carboxylic acids is 1. The van der Waals surface area contributed by atoms with Crippen molar-refractivity contribution in [2.75, 3.05) is 29.0 Å². The molecule has 27 heteroatoms. The number of carbonyl (C=O) groups excluding carboxylic acids is 1. The van der Waals surface area contributed by atoms with Crippen LogP contribution in [0.3, 0.4) is 0 Å². The van der Waals surface area contributed by atoms with E-state index in [2.05, 4.69) is 104 Å². The van der Waals surface area contributed by atoms with E-state index in [1.807, 2.05) is 60.7 Å².